The van der Waals surface area contributed by atoms with Gasteiger partial charge in [0.25, 0.3) is 0 Å². The number of hydrogen-bond acceptors (Lipinski definition) is 4. The molecular weight excluding hydrogens is 272 g/mol. The van der Waals surface area contributed by atoms with E-state index in [4.69, 9.17) is 14.3 Å². The first-order valence-corrected chi connectivity index (χ1v) is 6.58. The van der Waals surface area contributed by atoms with Gasteiger partial charge in [0.15, 0.2) is 5.43 Å². The molecule has 0 amide bonds. The van der Waals surface area contributed by atoms with Crippen molar-refractivity contribution in [3.8, 4) is 5.75 Å². The normalized spacial score (nSPS) is 11.1. The maximum absolute atomic E-state index is 12.1. The average Bonchev–Trinajstić information content (AvgIpc) is 2.45. The molecule has 0 atom stereocenters. The van der Waals surface area contributed by atoms with Gasteiger partial charge in [0.1, 0.15) is 17.1 Å². The molecule has 0 saturated heterocycles. The molecule has 110 valence electrons. The highest BCUT2D eigenvalue weighted by Gasteiger charge is 2.09. The molecule has 1 heterocycles. The summed E-state index contributed by atoms with van der Waals surface area (Å²) in [4.78, 5) is 22.6. The van der Waals surface area contributed by atoms with E-state index in [2.05, 4.69) is 0 Å². The highest BCUT2D eigenvalue weighted by Crippen LogP contribution is 2.25. The molecule has 5 nitrogen and oxygen atoms in total. The molecule has 1 N–H and O–H groups in total. The quantitative estimate of drug-likeness (QED) is 0.915. The fraction of sp³-hybridized carbons (Fsp3) is 0.250. The van der Waals surface area contributed by atoms with Crippen molar-refractivity contribution in [2.24, 2.45) is 0 Å². The van der Waals surface area contributed by atoms with Gasteiger partial charge in [0, 0.05) is 12.1 Å². The van der Waals surface area contributed by atoms with E-state index in [1.54, 1.807) is 19.2 Å². The summed E-state index contributed by atoms with van der Waals surface area (Å²) in [6.45, 7) is 1.98. The van der Waals surface area contributed by atoms with Crippen molar-refractivity contribution in [3.63, 3.8) is 0 Å². The summed E-state index contributed by atoms with van der Waals surface area (Å²) in [6, 6.07) is 4.81. The first-order valence-electron chi connectivity index (χ1n) is 6.58. The van der Waals surface area contributed by atoms with Gasteiger partial charge in [0.2, 0.25) is 0 Å². The third-order valence-electron chi connectivity index (χ3n) is 3.10. The van der Waals surface area contributed by atoms with Gasteiger partial charge in [-0.15, -0.1) is 0 Å². The van der Waals surface area contributed by atoms with Crippen molar-refractivity contribution < 1.29 is 19.1 Å². The molecule has 0 radical (unpaired) electrons. The molecule has 0 saturated carbocycles. The lowest BCUT2D eigenvalue weighted by Crippen LogP contribution is -2.02. The molecule has 21 heavy (non-hydrogen) atoms. The molecule has 1 aromatic carbocycles. The monoisotopic (exact) mass is 288 g/mol. The van der Waals surface area contributed by atoms with Crippen LogP contribution in [0.3, 0.4) is 0 Å². The van der Waals surface area contributed by atoms with E-state index in [9.17, 15) is 9.59 Å². The van der Waals surface area contributed by atoms with Crippen LogP contribution < -0.4 is 10.2 Å². The summed E-state index contributed by atoms with van der Waals surface area (Å²) in [6.07, 6.45) is 3.54. The lowest BCUT2D eigenvalue weighted by molar-refractivity contribution is -0.135. The van der Waals surface area contributed by atoms with E-state index in [1.807, 2.05) is 6.92 Å². The van der Waals surface area contributed by atoms with Crippen LogP contribution in [0.4, 0.5) is 0 Å². The summed E-state index contributed by atoms with van der Waals surface area (Å²) < 4.78 is 10.9. The minimum absolute atomic E-state index is 0.125. The highest BCUT2D eigenvalue weighted by molar-refractivity contribution is 5.80. The van der Waals surface area contributed by atoms with E-state index >= 15 is 0 Å². The molecule has 5 heteroatoms. The van der Waals surface area contributed by atoms with Crippen LogP contribution in [0, 0.1) is 0 Å². The van der Waals surface area contributed by atoms with Crippen molar-refractivity contribution in [2.75, 3.05) is 7.11 Å². The van der Waals surface area contributed by atoms with Crippen LogP contribution in [0.2, 0.25) is 0 Å². The van der Waals surface area contributed by atoms with Crippen molar-refractivity contribution in [3.05, 3.63) is 45.8 Å². The number of aliphatic carboxylic acids is 1. The summed E-state index contributed by atoms with van der Waals surface area (Å²) >= 11 is 0. The number of carbonyl (C=O) groups is 1. The number of carboxylic acids is 1. The zero-order chi connectivity index (χ0) is 15.4. The van der Waals surface area contributed by atoms with Crippen LogP contribution in [-0.4, -0.2) is 18.2 Å². The van der Waals surface area contributed by atoms with Gasteiger partial charge in [-0.2, -0.15) is 0 Å². The molecule has 2 rings (SSSR count). The van der Waals surface area contributed by atoms with Crippen molar-refractivity contribution >= 4 is 23.0 Å². The highest BCUT2D eigenvalue weighted by atomic mass is 16.5. The Morgan fingerprint density at radius 3 is 2.76 bits per heavy atom. The van der Waals surface area contributed by atoms with Crippen LogP contribution in [0.1, 0.15) is 24.7 Å². The van der Waals surface area contributed by atoms with Gasteiger partial charge in [-0.3, -0.25) is 9.59 Å². The van der Waals surface area contributed by atoms with E-state index < -0.39 is 5.97 Å². The summed E-state index contributed by atoms with van der Waals surface area (Å²) in [5.74, 6) is 0.0449. The zero-order valence-electron chi connectivity index (χ0n) is 11.9. The van der Waals surface area contributed by atoms with Gasteiger partial charge in [-0.1, -0.05) is 13.0 Å². The molecule has 0 unspecified atom stereocenters. The number of fused-ring (bicyclic) bond motifs is 1. The number of methoxy groups -OCH3 is 1. The Morgan fingerprint density at radius 1 is 1.38 bits per heavy atom. The Labute approximate surface area is 121 Å². The summed E-state index contributed by atoms with van der Waals surface area (Å²) in [7, 11) is 1.56. The van der Waals surface area contributed by atoms with Crippen LogP contribution in [-0.2, 0) is 11.2 Å². The number of aryl methyl sites for hydroxylation is 1. The third-order valence-corrected chi connectivity index (χ3v) is 3.10. The Hall–Kier alpha value is -2.56. The Kier molecular flexibility index (Phi) is 4.42. The van der Waals surface area contributed by atoms with E-state index in [0.29, 0.717) is 22.5 Å². The summed E-state index contributed by atoms with van der Waals surface area (Å²) in [5, 5.41) is 9.07. The molecule has 0 aliphatic heterocycles. The number of rotatable bonds is 5. The zero-order valence-corrected chi connectivity index (χ0v) is 11.9. The standard InChI is InChI=1S/C16H16O5/c1-3-10-7-12-13(17)8-11(5-4-6-16(18)19)21-15(12)9-14(10)20-2/h4-5,7-9H,3,6H2,1-2H3,(H,18,19)/b5-4+. The third kappa shape index (κ3) is 3.31. The second kappa shape index (κ2) is 6.26. The minimum Gasteiger partial charge on any atom is -0.496 e. The Bertz CT molecular complexity index is 755. The van der Waals surface area contributed by atoms with Gasteiger partial charge in [-0.25, -0.2) is 0 Å². The van der Waals surface area contributed by atoms with Gasteiger partial charge in [-0.05, 0) is 24.1 Å². The molecule has 0 fully saturated rings. The maximum Gasteiger partial charge on any atom is 0.307 e. The van der Waals surface area contributed by atoms with Gasteiger partial charge in [0.05, 0.1) is 18.9 Å². The fourth-order valence-electron chi connectivity index (χ4n) is 2.07. The smallest absolute Gasteiger partial charge is 0.307 e. The van der Waals surface area contributed by atoms with Crippen LogP contribution in [0.25, 0.3) is 17.0 Å². The molecule has 0 aliphatic carbocycles. The molecule has 0 spiro atoms. The largest absolute Gasteiger partial charge is 0.496 e. The molecule has 0 bridgehead atoms. The number of ether oxygens (including phenoxy) is 1. The number of hydrogen-bond donors (Lipinski definition) is 1. The Balaban J connectivity index is 2.52. The van der Waals surface area contributed by atoms with Gasteiger partial charge < -0.3 is 14.3 Å². The van der Waals surface area contributed by atoms with E-state index in [0.717, 1.165) is 12.0 Å². The minimum atomic E-state index is -0.941. The maximum atomic E-state index is 12.1. The Morgan fingerprint density at radius 2 is 2.14 bits per heavy atom. The van der Waals surface area contributed by atoms with Crippen LogP contribution in [0.15, 0.2) is 33.5 Å². The first-order chi connectivity index (χ1) is 10.0. The fourth-order valence-corrected chi connectivity index (χ4v) is 2.07. The predicted octanol–water partition coefficient (Wildman–Crippen LogP) is 2.85. The second-order valence-corrected chi connectivity index (χ2v) is 4.53. The van der Waals surface area contributed by atoms with Crippen LogP contribution >= 0.6 is 0 Å². The molecular formula is C16H16O5. The van der Waals surface area contributed by atoms with Crippen LogP contribution in [0.5, 0.6) is 5.75 Å². The van der Waals surface area contributed by atoms with Crippen molar-refractivity contribution in [1.82, 2.24) is 0 Å². The SMILES string of the molecule is CCc1cc2c(=O)cc(/C=C/CC(=O)O)oc2cc1OC. The molecule has 1 aromatic heterocycles. The van der Waals surface area contributed by atoms with Crippen molar-refractivity contribution in [2.45, 2.75) is 19.8 Å². The lowest BCUT2D eigenvalue weighted by atomic mass is 10.1. The van der Waals surface area contributed by atoms with E-state index in [-0.39, 0.29) is 11.8 Å². The topological polar surface area (TPSA) is 76.7 Å². The molecule has 2 aromatic rings. The van der Waals surface area contributed by atoms with Gasteiger partial charge >= 0.3 is 5.97 Å². The number of carboxylic acid groups (broad SMARTS) is 1. The summed E-state index contributed by atoms with van der Waals surface area (Å²) in [5.41, 5.74) is 1.20. The molecule has 0 aliphatic rings. The van der Waals surface area contributed by atoms with Crippen molar-refractivity contribution in [1.29, 1.82) is 0 Å². The first kappa shape index (κ1) is 14.8. The van der Waals surface area contributed by atoms with E-state index in [1.165, 1.54) is 18.2 Å². The predicted molar refractivity (Wildman–Crippen MR) is 79.7 cm³/mol. The number of benzene rings is 1. The average molecular weight is 288 g/mol. The second-order valence-electron chi connectivity index (χ2n) is 4.53. The lowest BCUT2D eigenvalue weighted by Gasteiger charge is -2.08.